The van der Waals surface area contributed by atoms with E-state index in [9.17, 15) is 4.79 Å². The van der Waals surface area contributed by atoms with Crippen LogP contribution in [0, 0.1) is 0 Å². The third-order valence-electron chi connectivity index (χ3n) is 4.62. The molecule has 26 heavy (non-hydrogen) atoms. The van der Waals surface area contributed by atoms with E-state index < -0.39 is 0 Å². The van der Waals surface area contributed by atoms with Gasteiger partial charge in [-0.2, -0.15) is 0 Å². The smallest absolute Gasteiger partial charge is 0.220 e. The minimum atomic E-state index is -0.0989. The Labute approximate surface area is 155 Å². The van der Waals surface area contributed by atoms with Gasteiger partial charge in [-0.15, -0.1) is 0 Å². The van der Waals surface area contributed by atoms with Gasteiger partial charge in [0.25, 0.3) is 0 Å². The summed E-state index contributed by atoms with van der Waals surface area (Å²) in [6.07, 6.45) is 3.47. The lowest BCUT2D eigenvalue weighted by Gasteiger charge is -2.16. The summed E-state index contributed by atoms with van der Waals surface area (Å²) < 4.78 is 2.26. The van der Waals surface area contributed by atoms with Gasteiger partial charge in [0, 0.05) is 13.0 Å². The molecule has 2 aromatic carbocycles. The van der Waals surface area contributed by atoms with Gasteiger partial charge in [0.2, 0.25) is 5.91 Å². The summed E-state index contributed by atoms with van der Waals surface area (Å²) in [6.45, 7) is 4.92. The van der Waals surface area contributed by atoms with Crippen LogP contribution in [-0.4, -0.2) is 15.5 Å². The standard InChI is InChI=1S/C22H27N3O/c1-3-10-21(26)23-17(2)22-24-19-14-7-8-15-20(19)25(22)16-9-13-18-11-5-4-6-12-18/h4-8,11-12,14-15,17H,3,9-10,13,16H2,1-2H3,(H,23,26). The molecule has 0 spiro atoms. The fourth-order valence-corrected chi connectivity index (χ4v) is 3.35. The Kier molecular flexibility index (Phi) is 6.05. The molecule has 1 heterocycles. The first-order chi connectivity index (χ1) is 12.7. The molecular weight excluding hydrogens is 322 g/mol. The highest BCUT2D eigenvalue weighted by Crippen LogP contribution is 2.22. The van der Waals surface area contributed by atoms with Crippen LogP contribution in [0.4, 0.5) is 0 Å². The molecule has 0 radical (unpaired) electrons. The molecule has 136 valence electrons. The molecule has 0 aliphatic carbocycles. The lowest BCUT2D eigenvalue weighted by Crippen LogP contribution is -2.28. The number of aryl methyl sites for hydroxylation is 2. The average Bonchev–Trinajstić information content (AvgIpc) is 3.02. The van der Waals surface area contributed by atoms with E-state index in [0.29, 0.717) is 6.42 Å². The van der Waals surface area contributed by atoms with Crippen molar-refractivity contribution in [3.05, 3.63) is 66.0 Å². The zero-order chi connectivity index (χ0) is 18.4. The van der Waals surface area contributed by atoms with Crippen molar-refractivity contribution in [2.45, 2.75) is 52.1 Å². The van der Waals surface area contributed by atoms with Gasteiger partial charge < -0.3 is 9.88 Å². The molecular formula is C22H27N3O. The average molecular weight is 349 g/mol. The van der Waals surface area contributed by atoms with Gasteiger partial charge in [-0.3, -0.25) is 4.79 Å². The maximum absolute atomic E-state index is 12.0. The second-order valence-electron chi connectivity index (χ2n) is 6.74. The van der Waals surface area contributed by atoms with Crippen LogP contribution in [0.15, 0.2) is 54.6 Å². The summed E-state index contributed by atoms with van der Waals surface area (Å²) in [5.74, 6) is 1.02. The molecule has 0 saturated heterocycles. The molecule has 1 atom stereocenters. The number of carbonyl (C=O) groups is 1. The van der Waals surface area contributed by atoms with E-state index in [-0.39, 0.29) is 11.9 Å². The van der Waals surface area contributed by atoms with Crippen molar-refractivity contribution in [1.82, 2.24) is 14.9 Å². The van der Waals surface area contributed by atoms with E-state index in [2.05, 4.69) is 40.2 Å². The van der Waals surface area contributed by atoms with Crippen molar-refractivity contribution in [1.29, 1.82) is 0 Å². The zero-order valence-corrected chi connectivity index (χ0v) is 15.6. The Morgan fingerprint density at radius 3 is 2.62 bits per heavy atom. The third kappa shape index (κ3) is 4.31. The number of nitrogens with one attached hydrogen (secondary N) is 1. The van der Waals surface area contributed by atoms with Gasteiger partial charge in [0.05, 0.1) is 17.1 Å². The summed E-state index contributed by atoms with van der Waals surface area (Å²) >= 11 is 0. The van der Waals surface area contributed by atoms with Crippen LogP contribution >= 0.6 is 0 Å². The van der Waals surface area contributed by atoms with Gasteiger partial charge >= 0.3 is 0 Å². The molecule has 1 unspecified atom stereocenters. The normalized spacial score (nSPS) is 12.2. The Balaban J connectivity index is 1.79. The molecule has 1 aromatic heterocycles. The summed E-state index contributed by atoms with van der Waals surface area (Å²) in [7, 11) is 0. The largest absolute Gasteiger partial charge is 0.346 e. The predicted octanol–water partition coefficient (Wildman–Crippen LogP) is 4.65. The number of para-hydroxylation sites is 2. The first kappa shape index (κ1) is 18.2. The van der Waals surface area contributed by atoms with Gasteiger partial charge in [0.15, 0.2) is 0 Å². The van der Waals surface area contributed by atoms with Crippen LogP contribution in [0.2, 0.25) is 0 Å². The molecule has 0 saturated carbocycles. The quantitative estimate of drug-likeness (QED) is 0.643. The highest BCUT2D eigenvalue weighted by atomic mass is 16.1. The monoisotopic (exact) mass is 349 g/mol. The van der Waals surface area contributed by atoms with Crippen molar-refractivity contribution in [3.8, 4) is 0 Å². The maximum atomic E-state index is 12.0. The number of amides is 1. The van der Waals surface area contributed by atoms with Gasteiger partial charge in [-0.25, -0.2) is 4.98 Å². The van der Waals surface area contributed by atoms with Crippen LogP contribution in [-0.2, 0) is 17.8 Å². The first-order valence-corrected chi connectivity index (χ1v) is 9.47. The molecule has 4 nitrogen and oxygen atoms in total. The number of benzene rings is 2. The van der Waals surface area contributed by atoms with Crippen LogP contribution in [0.3, 0.4) is 0 Å². The topological polar surface area (TPSA) is 46.9 Å². The van der Waals surface area contributed by atoms with E-state index in [0.717, 1.165) is 42.7 Å². The predicted molar refractivity (Wildman–Crippen MR) is 106 cm³/mol. The number of nitrogens with zero attached hydrogens (tertiary/aromatic N) is 2. The van der Waals surface area contributed by atoms with Crippen molar-refractivity contribution in [2.75, 3.05) is 0 Å². The summed E-state index contributed by atoms with van der Waals surface area (Å²) in [5, 5.41) is 3.08. The molecule has 1 N–H and O–H groups in total. The molecule has 4 heteroatoms. The van der Waals surface area contributed by atoms with Gasteiger partial charge in [-0.05, 0) is 43.9 Å². The maximum Gasteiger partial charge on any atom is 0.220 e. The van der Waals surface area contributed by atoms with E-state index in [1.807, 2.05) is 38.1 Å². The fourth-order valence-electron chi connectivity index (χ4n) is 3.35. The van der Waals surface area contributed by atoms with Crippen molar-refractivity contribution in [3.63, 3.8) is 0 Å². The Morgan fingerprint density at radius 1 is 1.12 bits per heavy atom. The van der Waals surface area contributed by atoms with Crippen LogP contribution in [0.25, 0.3) is 11.0 Å². The number of aromatic nitrogens is 2. The number of fused-ring (bicyclic) bond motifs is 1. The van der Waals surface area contributed by atoms with Gasteiger partial charge in [0.1, 0.15) is 5.82 Å². The second-order valence-corrected chi connectivity index (χ2v) is 6.74. The molecule has 1 amide bonds. The first-order valence-electron chi connectivity index (χ1n) is 9.47. The molecule has 0 aliphatic heterocycles. The summed E-state index contributed by atoms with van der Waals surface area (Å²) in [4.78, 5) is 16.8. The summed E-state index contributed by atoms with van der Waals surface area (Å²) in [5.41, 5.74) is 3.47. The number of carbonyl (C=O) groups excluding carboxylic acids is 1. The lowest BCUT2D eigenvalue weighted by molar-refractivity contribution is -0.121. The number of hydrogen-bond acceptors (Lipinski definition) is 2. The Morgan fingerprint density at radius 2 is 1.85 bits per heavy atom. The van der Waals surface area contributed by atoms with Crippen molar-refractivity contribution in [2.24, 2.45) is 0 Å². The van der Waals surface area contributed by atoms with Crippen molar-refractivity contribution < 1.29 is 4.79 Å². The number of rotatable bonds is 8. The molecule has 0 aliphatic rings. The highest BCUT2D eigenvalue weighted by molar-refractivity contribution is 5.78. The molecule has 3 rings (SSSR count). The Bertz CT molecular complexity index is 854. The highest BCUT2D eigenvalue weighted by Gasteiger charge is 2.17. The fraction of sp³-hybridized carbons (Fsp3) is 0.364. The van der Waals surface area contributed by atoms with Crippen molar-refractivity contribution >= 4 is 16.9 Å². The van der Waals surface area contributed by atoms with Crippen LogP contribution < -0.4 is 5.32 Å². The zero-order valence-electron chi connectivity index (χ0n) is 15.6. The van der Waals surface area contributed by atoms with Crippen LogP contribution in [0.1, 0.15) is 50.5 Å². The van der Waals surface area contributed by atoms with Gasteiger partial charge in [-0.1, -0.05) is 49.4 Å². The molecule has 3 aromatic rings. The Hall–Kier alpha value is -2.62. The van der Waals surface area contributed by atoms with Crippen LogP contribution in [0.5, 0.6) is 0 Å². The van der Waals surface area contributed by atoms with E-state index in [1.54, 1.807) is 0 Å². The van der Waals surface area contributed by atoms with E-state index in [1.165, 1.54) is 5.56 Å². The number of hydrogen-bond donors (Lipinski definition) is 1. The van der Waals surface area contributed by atoms with E-state index in [4.69, 9.17) is 4.98 Å². The SMILES string of the molecule is CCCC(=O)NC(C)c1nc2ccccc2n1CCCc1ccccc1. The third-order valence-corrected chi connectivity index (χ3v) is 4.62. The lowest BCUT2D eigenvalue weighted by atomic mass is 10.1. The summed E-state index contributed by atoms with van der Waals surface area (Å²) in [6, 6.07) is 18.6. The molecule has 0 fully saturated rings. The minimum Gasteiger partial charge on any atom is -0.346 e. The minimum absolute atomic E-state index is 0.0860. The second kappa shape index (κ2) is 8.65. The van der Waals surface area contributed by atoms with E-state index >= 15 is 0 Å². The number of imidazole rings is 1. The molecule has 0 bridgehead atoms.